The highest BCUT2D eigenvalue weighted by Crippen LogP contribution is 2.22. The van der Waals surface area contributed by atoms with Crippen molar-refractivity contribution >= 4 is 28.9 Å². The molecule has 112 valence electrons. The topological polar surface area (TPSA) is 72.2 Å². The van der Waals surface area contributed by atoms with Gasteiger partial charge in [-0.25, -0.2) is 4.79 Å². The van der Waals surface area contributed by atoms with Gasteiger partial charge in [0.2, 0.25) is 0 Å². The number of aliphatic carboxylic acids is 1. The summed E-state index contributed by atoms with van der Waals surface area (Å²) in [6.45, 7) is 3.88. The van der Waals surface area contributed by atoms with Gasteiger partial charge in [0.25, 0.3) is 0 Å². The third kappa shape index (κ3) is 3.71. The Morgan fingerprint density at radius 3 is 2.71 bits per heavy atom. The van der Waals surface area contributed by atoms with Crippen LogP contribution in [0.15, 0.2) is 16.9 Å². The molecule has 0 saturated carbocycles. The summed E-state index contributed by atoms with van der Waals surface area (Å²) >= 11 is 7.35. The van der Waals surface area contributed by atoms with E-state index in [9.17, 15) is 9.59 Å². The molecule has 0 bridgehead atoms. The van der Waals surface area contributed by atoms with Gasteiger partial charge >= 0.3 is 11.7 Å². The van der Waals surface area contributed by atoms with Crippen LogP contribution in [0.1, 0.15) is 21.8 Å². The number of carboxylic acid groups (broad SMARTS) is 1. The van der Waals surface area contributed by atoms with Crippen molar-refractivity contribution < 1.29 is 9.90 Å². The van der Waals surface area contributed by atoms with Gasteiger partial charge in [-0.2, -0.15) is 4.98 Å². The lowest BCUT2D eigenvalue weighted by molar-refractivity contribution is -0.136. The molecule has 0 saturated heterocycles. The van der Waals surface area contributed by atoms with Crippen LogP contribution in [0.25, 0.3) is 0 Å². The van der Waals surface area contributed by atoms with E-state index in [4.69, 9.17) is 16.7 Å². The molecule has 0 aromatic carbocycles. The zero-order chi connectivity index (χ0) is 15.6. The molecular formula is C14H15ClN2O3S. The second-order valence-electron chi connectivity index (χ2n) is 4.72. The van der Waals surface area contributed by atoms with E-state index in [1.807, 2.05) is 12.1 Å². The summed E-state index contributed by atoms with van der Waals surface area (Å²) in [6.07, 6.45) is 0.533. The molecule has 0 aliphatic heterocycles. The molecule has 0 aliphatic carbocycles. The van der Waals surface area contributed by atoms with Crippen LogP contribution in [0, 0.1) is 13.8 Å². The smallest absolute Gasteiger partial charge is 0.347 e. The fraction of sp³-hybridized carbons (Fsp3) is 0.357. The molecule has 0 fully saturated rings. The van der Waals surface area contributed by atoms with Crippen molar-refractivity contribution in [2.75, 3.05) is 0 Å². The summed E-state index contributed by atoms with van der Waals surface area (Å²) in [5.41, 5.74) is 1.40. The Labute approximate surface area is 130 Å². The third-order valence-corrected chi connectivity index (χ3v) is 4.60. The predicted molar refractivity (Wildman–Crippen MR) is 82.3 cm³/mol. The van der Waals surface area contributed by atoms with Crippen molar-refractivity contribution in [3.8, 4) is 0 Å². The number of hydrogen-bond donors (Lipinski definition) is 1. The second kappa shape index (κ2) is 6.41. The van der Waals surface area contributed by atoms with E-state index in [0.717, 1.165) is 4.88 Å². The number of nitrogens with zero attached hydrogens (tertiary/aromatic N) is 2. The molecular weight excluding hydrogens is 312 g/mol. The molecule has 0 atom stereocenters. The Hall–Kier alpha value is -1.66. The Kier molecular flexibility index (Phi) is 4.80. The molecule has 2 rings (SSSR count). The van der Waals surface area contributed by atoms with Gasteiger partial charge in [0.05, 0.1) is 10.8 Å². The summed E-state index contributed by atoms with van der Waals surface area (Å²) in [5.74, 6) is -0.932. The minimum absolute atomic E-state index is 0.129. The number of aromatic nitrogens is 2. The van der Waals surface area contributed by atoms with Crippen LogP contribution in [0.4, 0.5) is 0 Å². The summed E-state index contributed by atoms with van der Waals surface area (Å²) < 4.78 is 2.24. The largest absolute Gasteiger partial charge is 0.481 e. The van der Waals surface area contributed by atoms with Gasteiger partial charge in [-0.3, -0.25) is 9.36 Å². The predicted octanol–water partition coefficient (Wildman–Crippen LogP) is 2.44. The van der Waals surface area contributed by atoms with Gasteiger partial charge in [0, 0.05) is 28.4 Å². The Balaban J connectivity index is 2.30. The lowest BCUT2D eigenvalue weighted by atomic mass is 10.1. The molecule has 0 unspecified atom stereocenters. The second-order valence-corrected chi connectivity index (χ2v) is 6.52. The van der Waals surface area contributed by atoms with Gasteiger partial charge in [-0.15, -0.1) is 11.3 Å². The van der Waals surface area contributed by atoms with E-state index in [1.165, 1.54) is 15.9 Å². The van der Waals surface area contributed by atoms with Crippen LogP contribution in [0.5, 0.6) is 0 Å². The average molecular weight is 327 g/mol. The first-order valence-electron chi connectivity index (χ1n) is 6.41. The summed E-state index contributed by atoms with van der Waals surface area (Å²) in [6, 6.07) is 3.74. The lowest BCUT2D eigenvalue weighted by Gasteiger charge is -2.14. The molecule has 2 aromatic rings. The number of carboxylic acids is 1. The van der Waals surface area contributed by atoms with Crippen LogP contribution in [0.2, 0.25) is 4.34 Å². The quantitative estimate of drug-likeness (QED) is 0.916. The normalized spacial score (nSPS) is 10.8. The highest BCUT2D eigenvalue weighted by Gasteiger charge is 2.14. The number of rotatable bonds is 5. The monoisotopic (exact) mass is 326 g/mol. The maximum Gasteiger partial charge on any atom is 0.347 e. The van der Waals surface area contributed by atoms with Crippen molar-refractivity contribution in [1.82, 2.24) is 9.55 Å². The van der Waals surface area contributed by atoms with Crippen LogP contribution >= 0.6 is 22.9 Å². The highest BCUT2D eigenvalue weighted by molar-refractivity contribution is 7.16. The van der Waals surface area contributed by atoms with Gasteiger partial charge < -0.3 is 5.11 Å². The van der Waals surface area contributed by atoms with Crippen LogP contribution in [0.3, 0.4) is 0 Å². The molecule has 2 aromatic heterocycles. The zero-order valence-electron chi connectivity index (χ0n) is 11.7. The standard InChI is InChI=1S/C14H15ClN2O3S/c1-8-11(7-13(18)19)9(2)17(14(20)16-8)6-5-10-3-4-12(15)21-10/h3-4H,5-7H2,1-2H3,(H,18,19). The number of thiophene rings is 1. The molecule has 7 heteroatoms. The average Bonchev–Trinajstić information content (AvgIpc) is 2.80. The van der Waals surface area contributed by atoms with Crippen molar-refractivity contribution in [3.05, 3.63) is 48.8 Å². The first-order chi connectivity index (χ1) is 9.88. The summed E-state index contributed by atoms with van der Waals surface area (Å²) in [5, 5.41) is 8.96. The molecule has 0 radical (unpaired) electrons. The van der Waals surface area contributed by atoms with Crippen molar-refractivity contribution in [2.45, 2.75) is 33.2 Å². The lowest BCUT2D eigenvalue weighted by Crippen LogP contribution is -2.29. The molecule has 0 aliphatic rings. The maximum absolute atomic E-state index is 12.0. The van der Waals surface area contributed by atoms with Crippen molar-refractivity contribution in [2.24, 2.45) is 0 Å². The Morgan fingerprint density at radius 2 is 2.14 bits per heavy atom. The van der Waals surface area contributed by atoms with Crippen LogP contribution in [-0.4, -0.2) is 20.6 Å². The number of halogens is 1. The third-order valence-electron chi connectivity index (χ3n) is 3.31. The van der Waals surface area contributed by atoms with Crippen molar-refractivity contribution in [1.29, 1.82) is 0 Å². The molecule has 1 N–H and O–H groups in total. The van der Waals surface area contributed by atoms with Crippen LogP contribution in [-0.2, 0) is 24.2 Å². The minimum Gasteiger partial charge on any atom is -0.481 e. The fourth-order valence-corrected chi connectivity index (χ4v) is 3.29. The van der Waals surface area contributed by atoms with E-state index >= 15 is 0 Å². The summed E-state index contributed by atoms with van der Waals surface area (Å²) in [7, 11) is 0. The van der Waals surface area contributed by atoms with Crippen LogP contribution < -0.4 is 5.69 Å². The zero-order valence-corrected chi connectivity index (χ0v) is 13.3. The van der Waals surface area contributed by atoms with Gasteiger partial charge in [-0.1, -0.05) is 11.6 Å². The van der Waals surface area contributed by atoms with Gasteiger partial charge in [0.1, 0.15) is 0 Å². The van der Waals surface area contributed by atoms with Gasteiger partial charge in [0.15, 0.2) is 0 Å². The molecule has 21 heavy (non-hydrogen) atoms. The van der Waals surface area contributed by atoms with E-state index < -0.39 is 5.97 Å². The first-order valence-corrected chi connectivity index (χ1v) is 7.61. The number of hydrogen-bond acceptors (Lipinski definition) is 4. The number of aryl methyl sites for hydroxylation is 2. The molecule has 0 spiro atoms. The Bertz CT molecular complexity index is 736. The first kappa shape index (κ1) is 15.7. The SMILES string of the molecule is Cc1nc(=O)n(CCc2ccc(Cl)s2)c(C)c1CC(=O)O. The molecule has 0 amide bonds. The fourth-order valence-electron chi connectivity index (χ4n) is 2.22. The van der Waals surface area contributed by atoms with E-state index in [1.54, 1.807) is 13.8 Å². The molecule has 5 nitrogen and oxygen atoms in total. The van der Waals surface area contributed by atoms with E-state index in [2.05, 4.69) is 4.98 Å². The van der Waals surface area contributed by atoms with E-state index in [-0.39, 0.29) is 12.1 Å². The van der Waals surface area contributed by atoms with Crippen molar-refractivity contribution in [3.63, 3.8) is 0 Å². The summed E-state index contributed by atoms with van der Waals surface area (Å²) in [4.78, 5) is 27.9. The molecule has 2 heterocycles. The van der Waals surface area contributed by atoms with Gasteiger partial charge in [-0.05, 0) is 32.4 Å². The van der Waals surface area contributed by atoms with E-state index in [0.29, 0.717) is 34.3 Å². The Morgan fingerprint density at radius 1 is 1.43 bits per heavy atom. The minimum atomic E-state index is -0.932. The number of carbonyl (C=O) groups is 1. The highest BCUT2D eigenvalue weighted by atomic mass is 35.5. The maximum atomic E-state index is 12.0.